The fourth-order valence-electron chi connectivity index (χ4n) is 3.35. The van der Waals surface area contributed by atoms with Gasteiger partial charge < -0.3 is 22.6 Å². The van der Waals surface area contributed by atoms with Crippen LogP contribution in [0.15, 0.2) is 70.9 Å². The Morgan fingerprint density at radius 3 is 2.52 bits per heavy atom. The summed E-state index contributed by atoms with van der Waals surface area (Å²) in [6, 6.07) is 16.9. The van der Waals surface area contributed by atoms with Gasteiger partial charge in [0.1, 0.15) is 12.0 Å². The van der Waals surface area contributed by atoms with Crippen molar-refractivity contribution in [3.05, 3.63) is 77.4 Å². The van der Waals surface area contributed by atoms with E-state index in [1.165, 1.54) is 18.3 Å². The first-order valence-corrected chi connectivity index (χ1v) is 9.88. The second kappa shape index (κ2) is 9.64. The van der Waals surface area contributed by atoms with Gasteiger partial charge in [-0.3, -0.25) is 5.43 Å². The van der Waals surface area contributed by atoms with E-state index in [4.69, 9.17) is 0 Å². The molecule has 1 amide bonds. The van der Waals surface area contributed by atoms with Gasteiger partial charge in [-0.15, -0.1) is 5.01 Å². The van der Waals surface area contributed by atoms with Gasteiger partial charge in [-0.05, 0) is 48.7 Å². The molecule has 0 fully saturated rings. The molecule has 4 N–H and O–H groups in total. The quantitative estimate of drug-likeness (QED) is 0.310. The van der Waals surface area contributed by atoms with Gasteiger partial charge in [-0.2, -0.15) is 5.10 Å². The summed E-state index contributed by atoms with van der Waals surface area (Å²) >= 11 is 0. The number of phenols is 1. The fourth-order valence-corrected chi connectivity index (χ4v) is 3.35. The number of carbonyl (C=O) groups excluding carboxylic acids is 1. The number of phenolic OH excluding ortho intramolecular Hbond substituents is 1. The normalized spacial score (nSPS) is 16.0. The average Bonchev–Trinajstić information content (AvgIpc) is 3.15. The molecule has 0 radical (unpaired) electrons. The Kier molecular flexibility index (Phi) is 6.91. The predicted octanol–water partition coefficient (Wildman–Crippen LogP) is -0.111. The van der Waals surface area contributed by atoms with E-state index in [9.17, 15) is 19.8 Å². The number of anilines is 1. The summed E-state index contributed by atoms with van der Waals surface area (Å²) in [6.07, 6.45) is 1.39. The van der Waals surface area contributed by atoms with Gasteiger partial charge in [0, 0.05) is 17.7 Å². The van der Waals surface area contributed by atoms with E-state index < -0.39 is 5.97 Å². The monoisotopic (exact) mass is 464 g/mol. The highest BCUT2D eigenvalue weighted by atomic mass is 35.5. The molecule has 1 aliphatic rings. The number of para-hydroxylation sites is 1. The fraction of sp³-hybridized carbons (Fsp3) is 0.0833. The number of halogens is 1. The first-order chi connectivity index (χ1) is 15.3. The maximum Gasteiger partial charge on any atom is 0.397 e. The summed E-state index contributed by atoms with van der Waals surface area (Å²) in [5, 5.41) is 28.6. The topological polar surface area (TPSA) is 116 Å². The molecule has 4 rings (SSSR count). The Hall–Kier alpha value is -4.01. The lowest BCUT2D eigenvalue weighted by Gasteiger charge is -2.10. The Bertz CT molecular complexity index is 1300. The molecule has 33 heavy (non-hydrogen) atoms. The molecule has 9 heteroatoms. The van der Waals surface area contributed by atoms with Crippen molar-refractivity contribution in [2.24, 2.45) is 10.2 Å². The highest BCUT2D eigenvalue weighted by Gasteiger charge is 2.33. The van der Waals surface area contributed by atoms with E-state index in [0.717, 1.165) is 16.8 Å². The van der Waals surface area contributed by atoms with E-state index in [1.807, 2.05) is 32.0 Å². The smallest absolute Gasteiger partial charge is 0.397 e. The number of carboxylic acids is 1. The van der Waals surface area contributed by atoms with Crippen molar-refractivity contribution >= 4 is 35.2 Å². The standard InChI is InChI=1S/C24H20N4O4.ClH/c1-14-9-10-18(11-15(14)2)28-23(30)21(13-25-28)27-26-20-8-4-7-19(22(20)29)16-5-3-6-17(12-16)24(31)32;/h3-13,26,29H,1-2H3,(H,31,32);1H. The van der Waals surface area contributed by atoms with Crippen molar-refractivity contribution in [1.29, 1.82) is 0 Å². The van der Waals surface area contributed by atoms with Crippen molar-refractivity contribution in [3.63, 3.8) is 0 Å². The zero-order valence-corrected chi connectivity index (χ0v) is 18.6. The third-order valence-electron chi connectivity index (χ3n) is 5.30. The largest absolute Gasteiger partial charge is 1.00 e. The second-order valence-electron chi connectivity index (χ2n) is 7.43. The maximum absolute atomic E-state index is 12.7. The van der Waals surface area contributed by atoms with Crippen LogP contribution in [-0.2, 0) is 4.79 Å². The Balaban J connectivity index is 0.00000306. The minimum atomic E-state index is -1.05. The van der Waals surface area contributed by atoms with Gasteiger partial charge in [-0.25, -0.2) is 9.59 Å². The van der Waals surface area contributed by atoms with Crippen LogP contribution in [-0.4, -0.2) is 34.0 Å². The number of aromatic carboxylic acids is 1. The van der Waals surface area contributed by atoms with E-state index in [-0.39, 0.29) is 41.0 Å². The molecular weight excluding hydrogens is 444 g/mol. The zero-order valence-electron chi connectivity index (χ0n) is 17.8. The first kappa shape index (κ1) is 23.6. The molecule has 0 bridgehead atoms. The van der Waals surface area contributed by atoms with Gasteiger partial charge in [-0.1, -0.05) is 35.4 Å². The van der Waals surface area contributed by atoms with Crippen LogP contribution < -0.4 is 22.8 Å². The van der Waals surface area contributed by atoms with Crippen molar-refractivity contribution in [2.75, 3.05) is 5.43 Å². The molecule has 1 heterocycles. The van der Waals surface area contributed by atoms with Crippen molar-refractivity contribution in [3.8, 4) is 16.9 Å². The number of carboxylic acid groups (broad SMARTS) is 1. The predicted molar refractivity (Wildman–Crippen MR) is 122 cm³/mol. The number of quaternary nitrogens is 1. The van der Waals surface area contributed by atoms with Crippen LogP contribution in [0.2, 0.25) is 0 Å². The average molecular weight is 465 g/mol. The van der Waals surface area contributed by atoms with E-state index >= 15 is 0 Å². The van der Waals surface area contributed by atoms with Crippen molar-refractivity contribution in [2.45, 2.75) is 13.8 Å². The number of benzene rings is 3. The van der Waals surface area contributed by atoms with Crippen LogP contribution in [0.1, 0.15) is 21.5 Å². The number of aromatic hydroxyl groups is 1. The molecular formula is C24H21ClN4O4. The summed E-state index contributed by atoms with van der Waals surface area (Å²) in [6.45, 7) is 3.97. The van der Waals surface area contributed by atoms with Gasteiger partial charge >= 0.3 is 11.9 Å². The SMILES string of the molecule is Cc1ccc([NH+]2N=CC(=NNc3cccc(-c4cccc(C(=O)O)c4)c3O)C2=O)cc1C.[Cl-]. The first-order valence-electron chi connectivity index (χ1n) is 9.88. The highest BCUT2D eigenvalue weighted by Crippen LogP contribution is 2.35. The highest BCUT2D eigenvalue weighted by molar-refractivity contribution is 6.60. The molecule has 0 saturated carbocycles. The van der Waals surface area contributed by atoms with Crippen LogP contribution in [0.5, 0.6) is 5.75 Å². The van der Waals surface area contributed by atoms with Crippen LogP contribution in [0.25, 0.3) is 11.1 Å². The summed E-state index contributed by atoms with van der Waals surface area (Å²) in [4.78, 5) is 24.0. The van der Waals surface area contributed by atoms with Gasteiger partial charge in [0.05, 0.1) is 11.3 Å². The lowest BCUT2D eigenvalue weighted by Crippen LogP contribution is -3.04. The number of hydrogen-bond donors (Lipinski definition) is 4. The molecule has 0 aliphatic carbocycles. The number of nitrogens with zero attached hydrogens (tertiary/aromatic N) is 2. The second-order valence-corrected chi connectivity index (χ2v) is 7.43. The van der Waals surface area contributed by atoms with Crippen LogP contribution in [0.3, 0.4) is 0 Å². The van der Waals surface area contributed by atoms with E-state index in [1.54, 1.807) is 30.3 Å². The number of aryl methyl sites for hydroxylation is 2. The Morgan fingerprint density at radius 2 is 1.79 bits per heavy atom. The van der Waals surface area contributed by atoms with Gasteiger partial charge in [0.25, 0.3) is 0 Å². The number of carbonyl (C=O) groups is 2. The van der Waals surface area contributed by atoms with Gasteiger partial charge in [0.2, 0.25) is 5.71 Å². The molecule has 168 valence electrons. The molecule has 1 atom stereocenters. The minimum absolute atomic E-state index is 0. The van der Waals surface area contributed by atoms with E-state index in [0.29, 0.717) is 16.1 Å². The molecule has 0 spiro atoms. The molecule has 0 aromatic heterocycles. The molecule has 3 aromatic carbocycles. The number of hydrogen-bond acceptors (Lipinski definition) is 6. The van der Waals surface area contributed by atoms with Gasteiger partial charge in [0.15, 0.2) is 5.69 Å². The number of amides is 1. The summed E-state index contributed by atoms with van der Waals surface area (Å²) < 4.78 is 0. The van der Waals surface area contributed by atoms with Crippen LogP contribution >= 0.6 is 0 Å². The molecule has 1 unspecified atom stereocenters. The lowest BCUT2D eigenvalue weighted by molar-refractivity contribution is -0.748. The molecule has 0 saturated heterocycles. The van der Waals surface area contributed by atoms with Crippen molar-refractivity contribution < 1.29 is 37.2 Å². The summed E-state index contributed by atoms with van der Waals surface area (Å²) in [5.74, 6) is -1.48. The zero-order chi connectivity index (χ0) is 22.8. The number of nitrogens with one attached hydrogen (secondary N) is 2. The summed E-state index contributed by atoms with van der Waals surface area (Å²) in [7, 11) is 0. The number of hydrazone groups is 1. The van der Waals surface area contributed by atoms with Crippen LogP contribution in [0.4, 0.5) is 11.4 Å². The Morgan fingerprint density at radius 1 is 1.03 bits per heavy atom. The lowest BCUT2D eigenvalue weighted by atomic mass is 10.0. The van der Waals surface area contributed by atoms with E-state index in [2.05, 4.69) is 15.6 Å². The minimum Gasteiger partial charge on any atom is -1.00 e. The summed E-state index contributed by atoms with van der Waals surface area (Å²) in [5.41, 5.74) is 7.13. The molecule has 3 aromatic rings. The third kappa shape index (κ3) is 4.77. The molecule has 8 nitrogen and oxygen atoms in total. The third-order valence-corrected chi connectivity index (χ3v) is 5.30. The van der Waals surface area contributed by atoms with Crippen molar-refractivity contribution in [1.82, 2.24) is 0 Å². The van der Waals surface area contributed by atoms with Crippen LogP contribution in [0, 0.1) is 13.8 Å². The molecule has 1 aliphatic heterocycles. The maximum atomic E-state index is 12.7. The number of rotatable bonds is 5. The Labute approximate surface area is 196 Å².